The van der Waals surface area contributed by atoms with Crippen LogP contribution in [0.4, 0.5) is 0 Å². The molecule has 2 rings (SSSR count). The average Bonchev–Trinajstić information content (AvgIpc) is 2.88. The molecule has 2 N–H and O–H groups in total. The van der Waals surface area contributed by atoms with Gasteiger partial charge < -0.3 is 20.3 Å². The first-order valence-corrected chi connectivity index (χ1v) is 6.71. The summed E-state index contributed by atoms with van der Waals surface area (Å²) < 4.78 is 5.28. The van der Waals surface area contributed by atoms with Gasteiger partial charge in [-0.1, -0.05) is 0 Å². The lowest BCUT2D eigenvalue weighted by molar-refractivity contribution is 0.0674. The highest BCUT2D eigenvalue weighted by molar-refractivity contribution is 5.78. The molecule has 0 unspecified atom stereocenters. The molecule has 0 bridgehead atoms. The van der Waals surface area contributed by atoms with Crippen molar-refractivity contribution in [1.82, 2.24) is 9.80 Å². The van der Waals surface area contributed by atoms with Crippen LogP contribution >= 0.6 is 0 Å². The van der Waals surface area contributed by atoms with E-state index in [1.807, 2.05) is 0 Å². The van der Waals surface area contributed by atoms with E-state index in [1.165, 1.54) is 32.5 Å². The number of aliphatic imine (C=N–C) groups is 1. The number of hydrogen-bond donors (Lipinski definition) is 1. The van der Waals surface area contributed by atoms with Crippen LogP contribution in [0.1, 0.15) is 19.3 Å². The number of morpholine rings is 1. The Bertz CT molecular complexity index is 245. The molecule has 2 aliphatic heterocycles. The van der Waals surface area contributed by atoms with E-state index in [1.54, 1.807) is 0 Å². The van der Waals surface area contributed by atoms with Gasteiger partial charge in [0.15, 0.2) is 5.96 Å². The quantitative estimate of drug-likeness (QED) is 0.431. The standard InChI is InChI=1S/C12H24N4O/c13-12(16-8-10-17-11-9-16)14-4-3-7-15-5-1-2-6-15/h1-11H2,(H2,13,14). The third kappa shape index (κ3) is 4.16. The molecule has 2 saturated heterocycles. The smallest absolute Gasteiger partial charge is 0.191 e. The van der Waals surface area contributed by atoms with Gasteiger partial charge in [0.25, 0.3) is 0 Å². The highest BCUT2D eigenvalue weighted by Crippen LogP contribution is 2.07. The van der Waals surface area contributed by atoms with Crippen molar-refractivity contribution in [2.24, 2.45) is 10.7 Å². The lowest BCUT2D eigenvalue weighted by Crippen LogP contribution is -2.44. The predicted molar refractivity (Wildman–Crippen MR) is 69.2 cm³/mol. The van der Waals surface area contributed by atoms with Gasteiger partial charge in [-0.15, -0.1) is 0 Å². The van der Waals surface area contributed by atoms with Crippen LogP contribution in [0, 0.1) is 0 Å². The molecule has 98 valence electrons. The van der Waals surface area contributed by atoms with Crippen molar-refractivity contribution in [3.63, 3.8) is 0 Å². The lowest BCUT2D eigenvalue weighted by atomic mass is 10.4. The molecule has 2 heterocycles. The zero-order valence-electron chi connectivity index (χ0n) is 10.6. The maximum absolute atomic E-state index is 5.95. The Hall–Kier alpha value is -0.810. The summed E-state index contributed by atoms with van der Waals surface area (Å²) in [5.41, 5.74) is 5.95. The van der Waals surface area contributed by atoms with E-state index < -0.39 is 0 Å². The number of likely N-dealkylation sites (tertiary alicyclic amines) is 1. The van der Waals surface area contributed by atoms with Crippen molar-refractivity contribution in [2.45, 2.75) is 19.3 Å². The summed E-state index contributed by atoms with van der Waals surface area (Å²) >= 11 is 0. The summed E-state index contributed by atoms with van der Waals surface area (Å²) in [6, 6.07) is 0. The first-order chi connectivity index (χ1) is 8.36. The monoisotopic (exact) mass is 240 g/mol. The fourth-order valence-electron chi connectivity index (χ4n) is 2.39. The largest absolute Gasteiger partial charge is 0.378 e. The van der Waals surface area contributed by atoms with E-state index in [9.17, 15) is 0 Å². The fourth-order valence-corrected chi connectivity index (χ4v) is 2.39. The lowest BCUT2D eigenvalue weighted by Gasteiger charge is -2.27. The second-order valence-corrected chi connectivity index (χ2v) is 4.74. The van der Waals surface area contributed by atoms with E-state index >= 15 is 0 Å². The molecule has 0 aromatic carbocycles. The highest BCUT2D eigenvalue weighted by atomic mass is 16.5. The second-order valence-electron chi connectivity index (χ2n) is 4.74. The number of guanidine groups is 1. The van der Waals surface area contributed by atoms with Crippen molar-refractivity contribution in [3.05, 3.63) is 0 Å². The Kier molecular flexibility index (Phi) is 5.07. The van der Waals surface area contributed by atoms with Crippen LogP contribution in [0.25, 0.3) is 0 Å². The molecule has 17 heavy (non-hydrogen) atoms. The van der Waals surface area contributed by atoms with E-state index in [0.717, 1.165) is 39.3 Å². The van der Waals surface area contributed by atoms with Gasteiger partial charge in [-0.2, -0.15) is 0 Å². The Morgan fingerprint density at radius 3 is 2.53 bits per heavy atom. The summed E-state index contributed by atoms with van der Waals surface area (Å²) in [5, 5.41) is 0. The van der Waals surface area contributed by atoms with Gasteiger partial charge in [0.1, 0.15) is 0 Å². The number of nitrogens with two attached hydrogens (primary N) is 1. The van der Waals surface area contributed by atoms with Gasteiger partial charge in [-0.3, -0.25) is 4.99 Å². The molecule has 2 aliphatic rings. The van der Waals surface area contributed by atoms with Crippen LogP contribution in [-0.2, 0) is 4.74 Å². The second kappa shape index (κ2) is 6.81. The normalized spacial score (nSPS) is 23.3. The third-order valence-corrected chi connectivity index (χ3v) is 3.44. The topological polar surface area (TPSA) is 54.1 Å². The molecule has 0 amide bonds. The zero-order chi connectivity index (χ0) is 11.9. The Morgan fingerprint density at radius 2 is 1.82 bits per heavy atom. The molecule has 5 heteroatoms. The van der Waals surface area contributed by atoms with E-state index in [0.29, 0.717) is 5.96 Å². The fraction of sp³-hybridized carbons (Fsp3) is 0.917. The predicted octanol–water partition coefficient (Wildman–Crippen LogP) is 0.119. The molecular formula is C12H24N4O. The van der Waals surface area contributed by atoms with Gasteiger partial charge in [-0.05, 0) is 38.9 Å². The Morgan fingerprint density at radius 1 is 1.12 bits per heavy atom. The van der Waals surface area contributed by atoms with Crippen LogP contribution in [0.15, 0.2) is 4.99 Å². The summed E-state index contributed by atoms with van der Waals surface area (Å²) in [6.07, 6.45) is 3.84. The highest BCUT2D eigenvalue weighted by Gasteiger charge is 2.12. The summed E-state index contributed by atoms with van der Waals surface area (Å²) in [4.78, 5) is 9.07. The Balaban J connectivity index is 1.61. The van der Waals surface area contributed by atoms with Crippen LogP contribution in [0.5, 0.6) is 0 Å². The zero-order valence-corrected chi connectivity index (χ0v) is 10.6. The van der Waals surface area contributed by atoms with Gasteiger partial charge >= 0.3 is 0 Å². The molecule has 0 radical (unpaired) electrons. The first-order valence-electron chi connectivity index (χ1n) is 6.71. The number of rotatable bonds is 4. The van der Waals surface area contributed by atoms with Crippen LogP contribution in [-0.4, -0.2) is 68.2 Å². The summed E-state index contributed by atoms with van der Waals surface area (Å²) in [5.74, 6) is 0.690. The third-order valence-electron chi connectivity index (χ3n) is 3.44. The van der Waals surface area contributed by atoms with Gasteiger partial charge in [0.2, 0.25) is 0 Å². The maximum atomic E-state index is 5.95. The van der Waals surface area contributed by atoms with Crippen molar-refractivity contribution >= 4 is 5.96 Å². The molecule has 0 atom stereocenters. The molecule has 5 nitrogen and oxygen atoms in total. The molecule has 0 aromatic heterocycles. The van der Waals surface area contributed by atoms with Gasteiger partial charge in [0.05, 0.1) is 13.2 Å². The van der Waals surface area contributed by atoms with E-state index in [-0.39, 0.29) is 0 Å². The van der Waals surface area contributed by atoms with Crippen molar-refractivity contribution in [1.29, 1.82) is 0 Å². The molecule has 2 fully saturated rings. The minimum absolute atomic E-state index is 0.690. The van der Waals surface area contributed by atoms with E-state index in [2.05, 4.69) is 14.8 Å². The Labute approximate surface area is 104 Å². The number of nitrogens with zero attached hydrogens (tertiary/aromatic N) is 3. The number of ether oxygens (including phenoxy) is 1. The SMILES string of the molecule is NC(=NCCCN1CCCC1)N1CCOCC1. The molecule has 0 aromatic rings. The van der Waals surface area contributed by atoms with Crippen molar-refractivity contribution in [2.75, 3.05) is 52.5 Å². The number of hydrogen-bond acceptors (Lipinski definition) is 3. The van der Waals surface area contributed by atoms with E-state index in [4.69, 9.17) is 10.5 Å². The summed E-state index contributed by atoms with van der Waals surface area (Å²) in [6.45, 7) is 7.84. The maximum Gasteiger partial charge on any atom is 0.191 e. The van der Waals surface area contributed by atoms with Crippen LogP contribution in [0.3, 0.4) is 0 Å². The van der Waals surface area contributed by atoms with Crippen molar-refractivity contribution < 1.29 is 4.74 Å². The molecule has 0 aliphatic carbocycles. The first kappa shape index (κ1) is 12.6. The molecule has 0 saturated carbocycles. The minimum Gasteiger partial charge on any atom is -0.378 e. The van der Waals surface area contributed by atoms with Gasteiger partial charge in [-0.25, -0.2) is 0 Å². The molecule has 0 spiro atoms. The molecular weight excluding hydrogens is 216 g/mol. The van der Waals surface area contributed by atoms with Crippen LogP contribution < -0.4 is 5.73 Å². The van der Waals surface area contributed by atoms with Crippen molar-refractivity contribution in [3.8, 4) is 0 Å². The minimum atomic E-state index is 0.690. The summed E-state index contributed by atoms with van der Waals surface area (Å²) in [7, 11) is 0. The van der Waals surface area contributed by atoms with Gasteiger partial charge in [0, 0.05) is 19.6 Å². The average molecular weight is 240 g/mol. The van der Waals surface area contributed by atoms with Crippen LogP contribution in [0.2, 0.25) is 0 Å².